The number of nitrogens with zero attached hydrogens (tertiary/aromatic N) is 2. The Balaban J connectivity index is 2.20. The van der Waals surface area contributed by atoms with E-state index in [0.717, 1.165) is 30.9 Å². The smallest absolute Gasteiger partial charge is 0.125 e. The van der Waals surface area contributed by atoms with E-state index in [-0.39, 0.29) is 12.1 Å². The Morgan fingerprint density at radius 1 is 1.57 bits per heavy atom. The van der Waals surface area contributed by atoms with Crippen LogP contribution < -0.4 is 5.32 Å². The van der Waals surface area contributed by atoms with Crippen LogP contribution in [0.15, 0.2) is 12.3 Å². The molecule has 0 amide bonds. The van der Waals surface area contributed by atoms with Gasteiger partial charge in [-0.15, -0.1) is 0 Å². The predicted octanol–water partition coefficient (Wildman–Crippen LogP) is 0.570. The van der Waals surface area contributed by atoms with E-state index in [0.29, 0.717) is 0 Å². The third-order valence-electron chi connectivity index (χ3n) is 2.54. The molecule has 2 N–H and O–H groups in total. The summed E-state index contributed by atoms with van der Waals surface area (Å²) in [6.45, 7) is 2.81. The number of aryl methyl sites for hydroxylation is 1. The van der Waals surface area contributed by atoms with Crippen LogP contribution in [0.2, 0.25) is 0 Å². The monoisotopic (exact) mass is 193 g/mol. The van der Waals surface area contributed by atoms with Crippen LogP contribution >= 0.6 is 0 Å². The number of aliphatic hydroxyl groups is 1. The van der Waals surface area contributed by atoms with Crippen molar-refractivity contribution in [2.75, 3.05) is 6.54 Å². The predicted molar refractivity (Wildman–Crippen MR) is 52.8 cm³/mol. The molecule has 76 valence electrons. The molecule has 1 aromatic heterocycles. The molecule has 0 aliphatic carbocycles. The maximum atomic E-state index is 9.79. The fraction of sp³-hybridized carbons (Fsp3) is 0.600. The van der Waals surface area contributed by atoms with Gasteiger partial charge in [0, 0.05) is 6.20 Å². The molecule has 1 aromatic rings. The van der Waals surface area contributed by atoms with E-state index in [9.17, 15) is 5.11 Å². The minimum atomic E-state index is -0.321. The largest absolute Gasteiger partial charge is 0.391 e. The molecular weight excluding hydrogens is 178 g/mol. The fourth-order valence-corrected chi connectivity index (χ4v) is 1.82. The molecule has 1 fully saturated rings. The molecule has 2 heterocycles. The zero-order valence-corrected chi connectivity index (χ0v) is 8.27. The van der Waals surface area contributed by atoms with Gasteiger partial charge in [0.1, 0.15) is 5.82 Å². The molecule has 0 bridgehead atoms. The minimum absolute atomic E-state index is 0.0227. The number of aromatic nitrogens is 2. The Morgan fingerprint density at radius 3 is 3.14 bits per heavy atom. The Morgan fingerprint density at radius 2 is 2.43 bits per heavy atom. The highest BCUT2D eigenvalue weighted by molar-refractivity contribution is 5.10. The standard InChI is InChI=1S/C10H15N3O/c1-7-11-6-4-8(13-7)10-9(14)3-2-5-12-10/h4,6,9-10,12,14H,2-3,5H2,1H3. The molecule has 2 rings (SSSR count). The van der Waals surface area contributed by atoms with Gasteiger partial charge in [0.25, 0.3) is 0 Å². The van der Waals surface area contributed by atoms with E-state index in [1.165, 1.54) is 0 Å². The van der Waals surface area contributed by atoms with Crippen molar-refractivity contribution in [3.8, 4) is 0 Å². The molecule has 0 aromatic carbocycles. The van der Waals surface area contributed by atoms with E-state index >= 15 is 0 Å². The summed E-state index contributed by atoms with van der Waals surface area (Å²) in [6.07, 6.45) is 3.29. The third kappa shape index (κ3) is 1.91. The maximum Gasteiger partial charge on any atom is 0.125 e. The van der Waals surface area contributed by atoms with Crippen molar-refractivity contribution in [1.82, 2.24) is 15.3 Å². The second-order valence-electron chi connectivity index (χ2n) is 3.67. The average Bonchev–Trinajstić information content (AvgIpc) is 2.18. The summed E-state index contributed by atoms with van der Waals surface area (Å²) in [5.41, 5.74) is 0.893. The first kappa shape index (κ1) is 9.55. The second-order valence-corrected chi connectivity index (χ2v) is 3.67. The van der Waals surface area contributed by atoms with E-state index in [2.05, 4.69) is 15.3 Å². The van der Waals surface area contributed by atoms with E-state index in [1.807, 2.05) is 13.0 Å². The summed E-state index contributed by atoms with van der Waals surface area (Å²) in [6, 6.07) is 1.84. The van der Waals surface area contributed by atoms with Gasteiger partial charge in [-0.05, 0) is 32.4 Å². The summed E-state index contributed by atoms with van der Waals surface area (Å²) in [5, 5.41) is 13.1. The lowest BCUT2D eigenvalue weighted by molar-refractivity contribution is 0.0946. The minimum Gasteiger partial charge on any atom is -0.391 e. The molecule has 14 heavy (non-hydrogen) atoms. The first-order valence-electron chi connectivity index (χ1n) is 4.98. The molecule has 1 aliphatic heterocycles. The first-order chi connectivity index (χ1) is 6.77. The summed E-state index contributed by atoms with van der Waals surface area (Å²) < 4.78 is 0. The van der Waals surface area contributed by atoms with Gasteiger partial charge in [0.2, 0.25) is 0 Å². The number of piperidine rings is 1. The Bertz CT molecular complexity index is 316. The van der Waals surface area contributed by atoms with Gasteiger partial charge in [-0.25, -0.2) is 9.97 Å². The average molecular weight is 193 g/mol. The normalized spacial score (nSPS) is 27.6. The lowest BCUT2D eigenvalue weighted by atomic mass is 9.98. The highest BCUT2D eigenvalue weighted by Gasteiger charge is 2.24. The van der Waals surface area contributed by atoms with Crippen molar-refractivity contribution >= 4 is 0 Å². The quantitative estimate of drug-likeness (QED) is 0.684. The molecule has 0 radical (unpaired) electrons. The highest BCUT2D eigenvalue weighted by Crippen LogP contribution is 2.21. The number of rotatable bonds is 1. The van der Waals surface area contributed by atoms with Crippen LogP contribution in [0.3, 0.4) is 0 Å². The third-order valence-corrected chi connectivity index (χ3v) is 2.54. The summed E-state index contributed by atoms with van der Waals surface area (Å²) >= 11 is 0. The molecule has 0 spiro atoms. The van der Waals surface area contributed by atoms with Crippen molar-refractivity contribution < 1.29 is 5.11 Å². The van der Waals surface area contributed by atoms with Crippen molar-refractivity contribution in [3.05, 3.63) is 23.8 Å². The molecule has 4 nitrogen and oxygen atoms in total. The number of hydrogen-bond acceptors (Lipinski definition) is 4. The van der Waals surface area contributed by atoms with Crippen molar-refractivity contribution in [1.29, 1.82) is 0 Å². The Hall–Kier alpha value is -1.00. The maximum absolute atomic E-state index is 9.79. The van der Waals surface area contributed by atoms with E-state index < -0.39 is 0 Å². The fourth-order valence-electron chi connectivity index (χ4n) is 1.82. The molecule has 2 unspecified atom stereocenters. The zero-order valence-electron chi connectivity index (χ0n) is 8.27. The van der Waals surface area contributed by atoms with Crippen LogP contribution in [0.25, 0.3) is 0 Å². The van der Waals surface area contributed by atoms with Crippen LogP contribution in [0, 0.1) is 6.92 Å². The van der Waals surface area contributed by atoms with Gasteiger partial charge in [-0.3, -0.25) is 0 Å². The second kappa shape index (κ2) is 4.02. The van der Waals surface area contributed by atoms with Gasteiger partial charge in [0.05, 0.1) is 17.8 Å². The lowest BCUT2D eigenvalue weighted by Gasteiger charge is -2.28. The molecule has 1 aliphatic rings. The Kier molecular flexibility index (Phi) is 2.74. The van der Waals surface area contributed by atoms with Gasteiger partial charge >= 0.3 is 0 Å². The molecule has 0 saturated carbocycles. The number of hydrogen-bond donors (Lipinski definition) is 2. The van der Waals surface area contributed by atoms with Gasteiger partial charge < -0.3 is 10.4 Å². The van der Waals surface area contributed by atoms with Crippen LogP contribution in [-0.4, -0.2) is 27.7 Å². The zero-order chi connectivity index (χ0) is 9.97. The summed E-state index contributed by atoms with van der Waals surface area (Å²) in [7, 11) is 0. The topological polar surface area (TPSA) is 58.0 Å². The number of aliphatic hydroxyl groups excluding tert-OH is 1. The van der Waals surface area contributed by atoms with Crippen molar-refractivity contribution in [2.24, 2.45) is 0 Å². The van der Waals surface area contributed by atoms with Crippen LogP contribution in [-0.2, 0) is 0 Å². The van der Waals surface area contributed by atoms with Crippen LogP contribution in [0.5, 0.6) is 0 Å². The van der Waals surface area contributed by atoms with E-state index in [1.54, 1.807) is 6.20 Å². The van der Waals surface area contributed by atoms with Crippen LogP contribution in [0.4, 0.5) is 0 Å². The van der Waals surface area contributed by atoms with E-state index in [4.69, 9.17) is 0 Å². The number of nitrogens with one attached hydrogen (secondary N) is 1. The summed E-state index contributed by atoms with van der Waals surface area (Å²) in [4.78, 5) is 8.35. The first-order valence-corrected chi connectivity index (χ1v) is 4.98. The van der Waals surface area contributed by atoms with Gasteiger partial charge in [0.15, 0.2) is 0 Å². The van der Waals surface area contributed by atoms with Crippen molar-refractivity contribution in [3.63, 3.8) is 0 Å². The molecule has 1 saturated heterocycles. The highest BCUT2D eigenvalue weighted by atomic mass is 16.3. The van der Waals surface area contributed by atoms with Gasteiger partial charge in [-0.2, -0.15) is 0 Å². The lowest BCUT2D eigenvalue weighted by Crippen LogP contribution is -2.38. The molecule has 2 atom stereocenters. The molecular formula is C10H15N3O. The Labute approximate surface area is 83.4 Å². The summed E-state index contributed by atoms with van der Waals surface area (Å²) in [5.74, 6) is 0.752. The van der Waals surface area contributed by atoms with Crippen molar-refractivity contribution in [2.45, 2.75) is 31.9 Å². The molecule has 4 heteroatoms. The van der Waals surface area contributed by atoms with Crippen LogP contribution in [0.1, 0.15) is 30.4 Å². The SMILES string of the molecule is Cc1nccc(C2NCCCC2O)n1. The van der Waals surface area contributed by atoms with Gasteiger partial charge in [-0.1, -0.05) is 0 Å².